The Morgan fingerprint density at radius 3 is 2.80 bits per heavy atom. The maximum absolute atomic E-state index is 9.05. The van der Waals surface area contributed by atoms with Crippen LogP contribution in [0.4, 0.5) is 5.95 Å². The van der Waals surface area contributed by atoms with Crippen LogP contribution in [0.25, 0.3) is 0 Å². The smallest absolute Gasteiger partial charge is 0.227 e. The SMILES string of the molecule is Cc1cc(C#N)nc(N2CCCC2c2ccccc2)n1. The lowest BCUT2D eigenvalue weighted by Gasteiger charge is -2.25. The molecule has 1 unspecified atom stereocenters. The van der Waals surface area contributed by atoms with E-state index in [1.807, 2.05) is 13.0 Å². The van der Waals surface area contributed by atoms with E-state index in [9.17, 15) is 0 Å². The van der Waals surface area contributed by atoms with Crippen molar-refractivity contribution in [3.05, 3.63) is 53.3 Å². The van der Waals surface area contributed by atoms with Gasteiger partial charge in [-0.1, -0.05) is 30.3 Å². The predicted octanol–water partition coefficient (Wildman–Crippen LogP) is 3.00. The van der Waals surface area contributed by atoms with Gasteiger partial charge in [-0.05, 0) is 31.4 Å². The van der Waals surface area contributed by atoms with Gasteiger partial charge in [-0.3, -0.25) is 0 Å². The van der Waals surface area contributed by atoms with Crippen LogP contribution in [-0.2, 0) is 0 Å². The van der Waals surface area contributed by atoms with Gasteiger partial charge >= 0.3 is 0 Å². The Hall–Kier alpha value is -2.41. The number of aryl methyl sites for hydroxylation is 1. The highest BCUT2D eigenvalue weighted by Gasteiger charge is 2.28. The monoisotopic (exact) mass is 264 g/mol. The van der Waals surface area contributed by atoms with Gasteiger partial charge < -0.3 is 4.90 Å². The van der Waals surface area contributed by atoms with Crippen molar-refractivity contribution in [2.45, 2.75) is 25.8 Å². The van der Waals surface area contributed by atoms with Crippen LogP contribution in [0, 0.1) is 18.3 Å². The zero-order valence-electron chi connectivity index (χ0n) is 11.5. The minimum Gasteiger partial charge on any atom is -0.334 e. The molecule has 0 aliphatic carbocycles. The number of hydrogen-bond donors (Lipinski definition) is 0. The summed E-state index contributed by atoms with van der Waals surface area (Å²) < 4.78 is 0. The molecule has 2 heterocycles. The molecule has 1 saturated heterocycles. The lowest BCUT2D eigenvalue weighted by molar-refractivity contribution is 0.700. The Balaban J connectivity index is 1.97. The molecule has 0 bridgehead atoms. The standard InChI is InChI=1S/C16H16N4/c1-12-10-14(11-17)19-16(18-12)20-9-5-8-15(20)13-6-3-2-4-7-13/h2-4,6-7,10,15H,5,8-9H2,1H3. The summed E-state index contributed by atoms with van der Waals surface area (Å²) in [4.78, 5) is 11.1. The van der Waals surface area contributed by atoms with E-state index in [0.29, 0.717) is 17.7 Å². The quantitative estimate of drug-likeness (QED) is 0.836. The summed E-state index contributed by atoms with van der Waals surface area (Å²) in [5.41, 5.74) is 2.56. The highest BCUT2D eigenvalue weighted by Crippen LogP contribution is 2.34. The molecule has 20 heavy (non-hydrogen) atoms. The van der Waals surface area contributed by atoms with E-state index in [0.717, 1.165) is 25.1 Å². The second kappa shape index (κ2) is 5.30. The normalized spacial score (nSPS) is 18.0. The number of benzene rings is 1. The van der Waals surface area contributed by atoms with Gasteiger partial charge in [0.25, 0.3) is 0 Å². The van der Waals surface area contributed by atoms with Crippen molar-refractivity contribution < 1.29 is 0 Å². The van der Waals surface area contributed by atoms with Crippen molar-refractivity contribution in [2.24, 2.45) is 0 Å². The fourth-order valence-corrected chi connectivity index (χ4v) is 2.77. The first-order valence-corrected chi connectivity index (χ1v) is 6.85. The molecule has 1 atom stereocenters. The van der Waals surface area contributed by atoms with Crippen LogP contribution in [-0.4, -0.2) is 16.5 Å². The maximum Gasteiger partial charge on any atom is 0.227 e. The van der Waals surface area contributed by atoms with Crippen molar-refractivity contribution in [1.29, 1.82) is 5.26 Å². The molecule has 1 aromatic carbocycles. The highest BCUT2D eigenvalue weighted by atomic mass is 15.3. The van der Waals surface area contributed by atoms with Crippen molar-refractivity contribution in [1.82, 2.24) is 9.97 Å². The fraction of sp³-hybridized carbons (Fsp3) is 0.312. The lowest BCUT2D eigenvalue weighted by atomic mass is 10.1. The van der Waals surface area contributed by atoms with Crippen LogP contribution in [0.1, 0.15) is 35.8 Å². The average Bonchev–Trinajstić information content (AvgIpc) is 2.97. The van der Waals surface area contributed by atoms with Crippen molar-refractivity contribution >= 4 is 5.95 Å². The molecule has 4 nitrogen and oxygen atoms in total. The largest absolute Gasteiger partial charge is 0.334 e. The minimum absolute atomic E-state index is 0.310. The molecule has 1 aliphatic heterocycles. The molecule has 2 aromatic rings. The number of nitrogens with zero attached hydrogens (tertiary/aromatic N) is 4. The molecule has 3 rings (SSSR count). The molecule has 0 radical (unpaired) electrons. The van der Waals surface area contributed by atoms with Crippen molar-refractivity contribution in [2.75, 3.05) is 11.4 Å². The van der Waals surface area contributed by atoms with E-state index in [1.165, 1.54) is 5.56 Å². The van der Waals surface area contributed by atoms with Gasteiger partial charge in [0.2, 0.25) is 5.95 Å². The van der Waals surface area contributed by atoms with Gasteiger partial charge in [-0.2, -0.15) is 5.26 Å². The molecule has 0 saturated carbocycles. The van der Waals surface area contributed by atoms with E-state index in [4.69, 9.17) is 5.26 Å². The third-order valence-electron chi connectivity index (χ3n) is 3.65. The first-order valence-electron chi connectivity index (χ1n) is 6.85. The molecule has 1 aromatic heterocycles. The summed E-state index contributed by atoms with van der Waals surface area (Å²) in [5, 5.41) is 9.05. The number of anilines is 1. The molecule has 100 valence electrons. The van der Waals surface area contributed by atoms with E-state index < -0.39 is 0 Å². The molecular weight excluding hydrogens is 248 g/mol. The molecule has 4 heteroatoms. The molecular formula is C16H16N4. The minimum atomic E-state index is 0.310. The zero-order chi connectivity index (χ0) is 13.9. The van der Waals surface area contributed by atoms with Gasteiger partial charge in [0, 0.05) is 12.2 Å². The number of hydrogen-bond acceptors (Lipinski definition) is 4. The van der Waals surface area contributed by atoms with Crippen LogP contribution in [0.3, 0.4) is 0 Å². The topological polar surface area (TPSA) is 52.8 Å². The van der Waals surface area contributed by atoms with Gasteiger partial charge in [0.05, 0.1) is 6.04 Å². The molecule has 0 spiro atoms. The summed E-state index contributed by atoms with van der Waals surface area (Å²) >= 11 is 0. The molecule has 1 aliphatic rings. The number of aromatic nitrogens is 2. The van der Waals surface area contributed by atoms with Crippen molar-refractivity contribution in [3.8, 4) is 6.07 Å². The van der Waals surface area contributed by atoms with Gasteiger partial charge in [-0.25, -0.2) is 9.97 Å². The summed E-state index contributed by atoms with van der Waals surface area (Å²) in [6, 6.07) is 14.6. The highest BCUT2D eigenvalue weighted by molar-refractivity contribution is 5.41. The molecule has 1 fully saturated rings. The third kappa shape index (κ3) is 2.35. The Kier molecular flexibility index (Phi) is 3.34. The molecule has 0 amide bonds. The zero-order valence-corrected chi connectivity index (χ0v) is 11.5. The Morgan fingerprint density at radius 1 is 1.25 bits per heavy atom. The molecule has 0 N–H and O–H groups in total. The van der Waals surface area contributed by atoms with Gasteiger partial charge in [-0.15, -0.1) is 0 Å². The van der Waals surface area contributed by atoms with E-state index >= 15 is 0 Å². The van der Waals surface area contributed by atoms with Gasteiger partial charge in [0.15, 0.2) is 0 Å². The number of rotatable bonds is 2. The third-order valence-corrected chi connectivity index (χ3v) is 3.65. The number of nitriles is 1. The average molecular weight is 264 g/mol. The lowest BCUT2D eigenvalue weighted by Crippen LogP contribution is -2.25. The summed E-state index contributed by atoms with van der Waals surface area (Å²) in [6.45, 7) is 2.84. The Bertz CT molecular complexity index is 645. The van der Waals surface area contributed by atoms with E-state index in [-0.39, 0.29) is 0 Å². The van der Waals surface area contributed by atoms with E-state index in [2.05, 4.69) is 45.2 Å². The predicted molar refractivity (Wildman–Crippen MR) is 77.2 cm³/mol. The van der Waals surface area contributed by atoms with Crippen LogP contribution in [0.15, 0.2) is 36.4 Å². The van der Waals surface area contributed by atoms with Crippen LogP contribution in [0.2, 0.25) is 0 Å². The fourth-order valence-electron chi connectivity index (χ4n) is 2.77. The second-order valence-electron chi connectivity index (χ2n) is 5.07. The van der Waals surface area contributed by atoms with Gasteiger partial charge in [0.1, 0.15) is 11.8 Å². The Morgan fingerprint density at radius 2 is 2.05 bits per heavy atom. The second-order valence-corrected chi connectivity index (χ2v) is 5.07. The summed E-state index contributed by atoms with van der Waals surface area (Å²) in [7, 11) is 0. The Labute approximate surface area is 118 Å². The van der Waals surface area contributed by atoms with Crippen LogP contribution < -0.4 is 4.90 Å². The van der Waals surface area contributed by atoms with Crippen LogP contribution >= 0.6 is 0 Å². The van der Waals surface area contributed by atoms with Crippen LogP contribution in [0.5, 0.6) is 0 Å². The van der Waals surface area contributed by atoms with Crippen molar-refractivity contribution in [3.63, 3.8) is 0 Å². The summed E-state index contributed by atoms with van der Waals surface area (Å²) in [5.74, 6) is 0.674. The first-order chi connectivity index (χ1) is 9.78. The first kappa shape index (κ1) is 12.6. The van der Waals surface area contributed by atoms with E-state index in [1.54, 1.807) is 6.07 Å². The summed E-state index contributed by atoms with van der Waals surface area (Å²) in [6.07, 6.45) is 2.22. The maximum atomic E-state index is 9.05.